The summed E-state index contributed by atoms with van der Waals surface area (Å²) in [7, 11) is 0. The summed E-state index contributed by atoms with van der Waals surface area (Å²) in [6, 6.07) is 10.8. The third kappa shape index (κ3) is 3.85. The second-order valence-electron chi connectivity index (χ2n) is 5.77. The summed E-state index contributed by atoms with van der Waals surface area (Å²) < 4.78 is 26.8. The Morgan fingerprint density at radius 3 is 2.29 bits per heavy atom. The van der Waals surface area contributed by atoms with Crippen LogP contribution in [-0.4, -0.2) is 37.0 Å². The van der Waals surface area contributed by atoms with Crippen LogP contribution in [0.25, 0.3) is 0 Å². The number of amides is 1. The number of rotatable bonds is 3. The standard InChI is InChI=1S/C18H17ClF2N2O/c19-14-3-1-13(2-4-14)11-18(24)23-9-7-22(8-10-23)17-6-5-15(20)12-16(17)21/h1-6,12H,7-11H2. The van der Waals surface area contributed by atoms with Crippen molar-refractivity contribution < 1.29 is 13.6 Å². The highest BCUT2D eigenvalue weighted by Crippen LogP contribution is 2.22. The first-order valence-corrected chi connectivity index (χ1v) is 8.13. The molecule has 0 aromatic heterocycles. The molecule has 0 aliphatic carbocycles. The van der Waals surface area contributed by atoms with Gasteiger partial charge in [-0.05, 0) is 29.8 Å². The number of benzene rings is 2. The number of carbonyl (C=O) groups is 1. The SMILES string of the molecule is O=C(Cc1ccc(Cl)cc1)N1CCN(c2ccc(F)cc2F)CC1. The smallest absolute Gasteiger partial charge is 0.227 e. The molecule has 0 unspecified atom stereocenters. The van der Waals surface area contributed by atoms with Gasteiger partial charge in [-0.3, -0.25) is 4.79 Å². The van der Waals surface area contributed by atoms with E-state index in [2.05, 4.69) is 0 Å². The normalized spacial score (nSPS) is 14.8. The van der Waals surface area contributed by atoms with Crippen LogP contribution in [0.2, 0.25) is 5.02 Å². The second-order valence-corrected chi connectivity index (χ2v) is 6.20. The van der Waals surface area contributed by atoms with Crippen molar-refractivity contribution in [3.8, 4) is 0 Å². The summed E-state index contributed by atoms with van der Waals surface area (Å²) in [5.41, 5.74) is 1.29. The number of nitrogens with zero attached hydrogens (tertiary/aromatic N) is 2. The van der Waals surface area contributed by atoms with Crippen molar-refractivity contribution in [2.45, 2.75) is 6.42 Å². The van der Waals surface area contributed by atoms with Crippen LogP contribution in [-0.2, 0) is 11.2 Å². The van der Waals surface area contributed by atoms with Gasteiger partial charge in [0.1, 0.15) is 11.6 Å². The summed E-state index contributed by atoms with van der Waals surface area (Å²) in [6.07, 6.45) is 0.322. The third-order valence-electron chi connectivity index (χ3n) is 4.15. The minimum atomic E-state index is -0.590. The fourth-order valence-electron chi connectivity index (χ4n) is 2.82. The van der Waals surface area contributed by atoms with Gasteiger partial charge in [0, 0.05) is 37.3 Å². The number of carbonyl (C=O) groups excluding carboxylic acids is 1. The molecule has 0 bridgehead atoms. The fraction of sp³-hybridized carbons (Fsp3) is 0.278. The number of piperazine rings is 1. The number of halogens is 3. The van der Waals surface area contributed by atoms with Gasteiger partial charge in [-0.2, -0.15) is 0 Å². The first-order valence-electron chi connectivity index (χ1n) is 7.75. The maximum Gasteiger partial charge on any atom is 0.227 e. The van der Waals surface area contributed by atoms with Crippen LogP contribution in [0.4, 0.5) is 14.5 Å². The Labute approximate surface area is 144 Å². The zero-order chi connectivity index (χ0) is 17.1. The summed E-state index contributed by atoms with van der Waals surface area (Å²) in [6.45, 7) is 2.08. The molecule has 126 valence electrons. The lowest BCUT2D eigenvalue weighted by atomic mass is 10.1. The summed E-state index contributed by atoms with van der Waals surface area (Å²) in [5, 5.41) is 0.640. The third-order valence-corrected chi connectivity index (χ3v) is 4.40. The minimum absolute atomic E-state index is 0.0385. The molecule has 0 radical (unpaired) electrons. The summed E-state index contributed by atoms with van der Waals surface area (Å²) in [4.78, 5) is 16.0. The molecule has 1 saturated heterocycles. The molecule has 0 saturated carbocycles. The van der Waals surface area contributed by atoms with E-state index >= 15 is 0 Å². The number of hydrogen-bond acceptors (Lipinski definition) is 2. The summed E-state index contributed by atoms with van der Waals surface area (Å²) in [5.74, 6) is -1.12. The van der Waals surface area contributed by atoms with E-state index in [4.69, 9.17) is 11.6 Å². The van der Waals surface area contributed by atoms with E-state index in [1.54, 1.807) is 17.0 Å². The van der Waals surface area contributed by atoms with Crippen molar-refractivity contribution in [2.24, 2.45) is 0 Å². The van der Waals surface area contributed by atoms with Crippen molar-refractivity contribution in [1.29, 1.82) is 0 Å². The summed E-state index contributed by atoms with van der Waals surface area (Å²) >= 11 is 5.84. The maximum atomic E-state index is 13.8. The Balaban J connectivity index is 1.58. The maximum absolute atomic E-state index is 13.8. The van der Waals surface area contributed by atoms with Gasteiger partial charge < -0.3 is 9.80 Å². The van der Waals surface area contributed by atoms with Gasteiger partial charge >= 0.3 is 0 Å². The van der Waals surface area contributed by atoms with Crippen LogP contribution < -0.4 is 4.90 Å². The van der Waals surface area contributed by atoms with E-state index in [1.165, 1.54) is 12.1 Å². The van der Waals surface area contributed by atoms with Crippen LogP contribution in [0.3, 0.4) is 0 Å². The van der Waals surface area contributed by atoms with Crippen LogP contribution in [0.5, 0.6) is 0 Å². The molecule has 0 N–H and O–H groups in total. The highest BCUT2D eigenvalue weighted by atomic mass is 35.5. The molecule has 2 aromatic carbocycles. The average molecular weight is 351 g/mol. The van der Waals surface area contributed by atoms with Gasteiger partial charge in [-0.25, -0.2) is 8.78 Å². The Bertz CT molecular complexity index is 728. The van der Waals surface area contributed by atoms with E-state index in [0.29, 0.717) is 43.3 Å². The lowest BCUT2D eigenvalue weighted by Crippen LogP contribution is -2.49. The van der Waals surface area contributed by atoms with Gasteiger partial charge in [-0.15, -0.1) is 0 Å². The fourth-order valence-corrected chi connectivity index (χ4v) is 2.95. The number of hydrogen-bond donors (Lipinski definition) is 0. The topological polar surface area (TPSA) is 23.6 Å². The molecule has 1 heterocycles. The van der Waals surface area contributed by atoms with Crippen molar-refractivity contribution in [3.63, 3.8) is 0 Å². The Morgan fingerprint density at radius 2 is 1.67 bits per heavy atom. The quantitative estimate of drug-likeness (QED) is 0.845. The van der Waals surface area contributed by atoms with E-state index in [9.17, 15) is 13.6 Å². The van der Waals surface area contributed by atoms with E-state index in [-0.39, 0.29) is 5.91 Å². The first kappa shape index (κ1) is 16.7. The van der Waals surface area contributed by atoms with Gasteiger partial charge in [0.15, 0.2) is 0 Å². The van der Waals surface area contributed by atoms with Crippen LogP contribution in [0, 0.1) is 11.6 Å². The average Bonchev–Trinajstić information content (AvgIpc) is 2.57. The molecule has 24 heavy (non-hydrogen) atoms. The second kappa shape index (κ2) is 7.18. The zero-order valence-electron chi connectivity index (χ0n) is 13.0. The van der Waals surface area contributed by atoms with Crippen LogP contribution >= 0.6 is 11.6 Å². The first-order chi connectivity index (χ1) is 11.5. The molecule has 1 amide bonds. The Morgan fingerprint density at radius 1 is 1.00 bits per heavy atom. The Hall–Kier alpha value is -2.14. The molecule has 3 nitrogen and oxygen atoms in total. The van der Waals surface area contributed by atoms with E-state index < -0.39 is 11.6 Å². The lowest BCUT2D eigenvalue weighted by molar-refractivity contribution is -0.130. The van der Waals surface area contributed by atoms with Gasteiger partial charge in [0.05, 0.1) is 12.1 Å². The molecule has 1 aliphatic rings. The van der Waals surface area contributed by atoms with Gasteiger partial charge in [0.25, 0.3) is 0 Å². The van der Waals surface area contributed by atoms with Crippen molar-refractivity contribution >= 4 is 23.2 Å². The molecule has 3 rings (SSSR count). The van der Waals surface area contributed by atoms with E-state index in [0.717, 1.165) is 11.6 Å². The van der Waals surface area contributed by atoms with E-state index in [1.807, 2.05) is 17.0 Å². The number of anilines is 1. The molecular formula is C18H17ClF2N2O. The largest absolute Gasteiger partial charge is 0.366 e. The molecule has 6 heteroatoms. The molecule has 1 aliphatic heterocycles. The van der Waals surface area contributed by atoms with Crippen LogP contribution in [0.1, 0.15) is 5.56 Å². The van der Waals surface area contributed by atoms with Crippen molar-refractivity contribution in [2.75, 3.05) is 31.1 Å². The zero-order valence-corrected chi connectivity index (χ0v) is 13.8. The van der Waals surface area contributed by atoms with Crippen molar-refractivity contribution in [1.82, 2.24) is 4.90 Å². The van der Waals surface area contributed by atoms with Gasteiger partial charge in [-0.1, -0.05) is 23.7 Å². The predicted octanol–water partition coefficient (Wildman–Crippen LogP) is 3.51. The monoisotopic (exact) mass is 350 g/mol. The van der Waals surface area contributed by atoms with Gasteiger partial charge in [0.2, 0.25) is 5.91 Å². The minimum Gasteiger partial charge on any atom is -0.366 e. The molecule has 1 fully saturated rings. The van der Waals surface area contributed by atoms with Crippen molar-refractivity contribution in [3.05, 3.63) is 64.7 Å². The molecule has 2 aromatic rings. The highest BCUT2D eigenvalue weighted by molar-refractivity contribution is 6.30. The molecule has 0 spiro atoms. The lowest BCUT2D eigenvalue weighted by Gasteiger charge is -2.36. The molecular weight excluding hydrogens is 334 g/mol. The predicted molar refractivity (Wildman–Crippen MR) is 90.3 cm³/mol. The molecule has 0 atom stereocenters. The Kier molecular flexibility index (Phi) is 5.00. The highest BCUT2D eigenvalue weighted by Gasteiger charge is 2.23. The van der Waals surface area contributed by atoms with Crippen LogP contribution in [0.15, 0.2) is 42.5 Å².